The number of hydrogen-bond donors (Lipinski definition) is 0. The first kappa shape index (κ1) is 16.6. The van der Waals surface area contributed by atoms with E-state index in [9.17, 15) is 0 Å². The fourth-order valence-corrected chi connectivity index (χ4v) is 0.530. The standard InChI is InChI=1S/C7H15.ClH.Mg/c1-5-6-7(2,3)4;;/h1,5-6H2,2-4H3;1H;/q-1;;+2/p-1. The molecule has 0 spiro atoms. The molecule has 0 aromatic rings. The molecule has 0 bridgehead atoms. The summed E-state index contributed by atoms with van der Waals surface area (Å²) in [5.74, 6) is 0. The molecule has 0 aliphatic carbocycles. The van der Waals surface area contributed by atoms with Crippen LogP contribution in [0.2, 0.25) is 0 Å². The zero-order valence-corrected chi connectivity index (χ0v) is 8.88. The average Bonchev–Trinajstić information content (AvgIpc) is 1.30. The Hall–Kier alpha value is 1.06. The third-order valence-corrected chi connectivity index (χ3v) is 0.927. The Bertz CT molecular complexity index is 47.4. The molecule has 52 valence electrons. The molecule has 0 fully saturated rings. The van der Waals surface area contributed by atoms with Gasteiger partial charge in [0.15, 0.2) is 0 Å². The summed E-state index contributed by atoms with van der Waals surface area (Å²) >= 11 is 0. The molecule has 0 unspecified atom stereocenters. The second-order valence-corrected chi connectivity index (χ2v) is 3.16. The first-order chi connectivity index (χ1) is 3.06. The molecular weight excluding hydrogens is 144 g/mol. The van der Waals surface area contributed by atoms with Crippen molar-refractivity contribution in [2.75, 3.05) is 0 Å². The molecule has 0 radical (unpaired) electrons. The maximum Gasteiger partial charge on any atom is 2.00 e. The number of rotatable bonds is 1. The molecule has 0 saturated heterocycles. The van der Waals surface area contributed by atoms with Crippen LogP contribution < -0.4 is 12.4 Å². The van der Waals surface area contributed by atoms with Gasteiger partial charge in [0, 0.05) is 0 Å². The van der Waals surface area contributed by atoms with E-state index < -0.39 is 0 Å². The smallest absolute Gasteiger partial charge is 1.00 e. The predicted molar refractivity (Wildman–Crippen MR) is 39.8 cm³/mol. The summed E-state index contributed by atoms with van der Waals surface area (Å²) in [7, 11) is 0. The van der Waals surface area contributed by atoms with Gasteiger partial charge in [-0.1, -0.05) is 27.2 Å². The third-order valence-electron chi connectivity index (χ3n) is 0.927. The van der Waals surface area contributed by atoms with E-state index in [4.69, 9.17) is 0 Å². The molecule has 0 atom stereocenters. The van der Waals surface area contributed by atoms with Crippen molar-refractivity contribution in [3.63, 3.8) is 0 Å². The van der Waals surface area contributed by atoms with Gasteiger partial charge in [-0.2, -0.15) is 6.42 Å². The molecule has 0 aliphatic heterocycles. The van der Waals surface area contributed by atoms with Crippen LogP contribution in [-0.4, -0.2) is 23.1 Å². The van der Waals surface area contributed by atoms with Gasteiger partial charge in [-0.05, 0) is 5.41 Å². The van der Waals surface area contributed by atoms with Crippen LogP contribution in [0.3, 0.4) is 0 Å². The van der Waals surface area contributed by atoms with Crippen molar-refractivity contribution in [2.24, 2.45) is 5.41 Å². The molecule has 0 rings (SSSR count). The van der Waals surface area contributed by atoms with Crippen LogP contribution in [0.5, 0.6) is 0 Å². The quantitative estimate of drug-likeness (QED) is 0.349. The maximum atomic E-state index is 3.77. The van der Waals surface area contributed by atoms with Gasteiger partial charge >= 0.3 is 23.1 Å². The van der Waals surface area contributed by atoms with Gasteiger partial charge in [0.25, 0.3) is 0 Å². The molecule has 0 aromatic carbocycles. The molecular formula is C7H15ClMg. The minimum Gasteiger partial charge on any atom is -1.00 e. The molecule has 0 amide bonds. The van der Waals surface area contributed by atoms with Crippen molar-refractivity contribution in [3.05, 3.63) is 6.92 Å². The van der Waals surface area contributed by atoms with Crippen molar-refractivity contribution in [3.8, 4) is 0 Å². The van der Waals surface area contributed by atoms with E-state index in [1.165, 1.54) is 6.42 Å². The SMILES string of the molecule is [CH2-]CCC(C)(C)C.[Cl-].[Mg+2]. The van der Waals surface area contributed by atoms with E-state index in [0.29, 0.717) is 5.41 Å². The van der Waals surface area contributed by atoms with E-state index in [2.05, 4.69) is 27.7 Å². The minimum atomic E-state index is 0. The normalized spacial score (nSPS) is 9.33. The second-order valence-electron chi connectivity index (χ2n) is 3.16. The van der Waals surface area contributed by atoms with E-state index in [0.717, 1.165) is 6.42 Å². The van der Waals surface area contributed by atoms with Crippen LogP contribution in [0.25, 0.3) is 0 Å². The third kappa shape index (κ3) is 17.6. The van der Waals surface area contributed by atoms with E-state index in [1.807, 2.05) is 0 Å². The molecule has 0 heterocycles. The largest absolute Gasteiger partial charge is 2.00 e. The predicted octanol–water partition coefficient (Wildman–Crippen LogP) is -0.730. The van der Waals surface area contributed by atoms with Gasteiger partial charge in [-0.25, -0.2) is 0 Å². The Kier molecular flexibility index (Phi) is 13.2. The molecule has 0 aromatic heterocycles. The first-order valence-corrected chi connectivity index (χ1v) is 2.85. The van der Waals surface area contributed by atoms with Crippen molar-refractivity contribution in [2.45, 2.75) is 33.6 Å². The van der Waals surface area contributed by atoms with Crippen LogP contribution in [0, 0.1) is 12.3 Å². The van der Waals surface area contributed by atoms with E-state index in [1.54, 1.807) is 0 Å². The summed E-state index contributed by atoms with van der Waals surface area (Å²) in [6.45, 7) is 10.5. The average molecular weight is 159 g/mol. The van der Waals surface area contributed by atoms with Crippen LogP contribution in [0.1, 0.15) is 33.6 Å². The van der Waals surface area contributed by atoms with Gasteiger partial charge in [0.1, 0.15) is 0 Å². The van der Waals surface area contributed by atoms with Gasteiger partial charge < -0.3 is 19.3 Å². The number of hydrogen-bond acceptors (Lipinski definition) is 0. The van der Waals surface area contributed by atoms with Gasteiger partial charge in [-0.15, -0.1) is 0 Å². The van der Waals surface area contributed by atoms with Crippen LogP contribution in [0.15, 0.2) is 0 Å². The minimum absolute atomic E-state index is 0. The molecule has 0 aliphatic rings. The Morgan fingerprint density at radius 1 is 1.22 bits per heavy atom. The second kappa shape index (κ2) is 7.17. The molecule has 0 saturated carbocycles. The summed E-state index contributed by atoms with van der Waals surface area (Å²) in [6, 6.07) is 0. The summed E-state index contributed by atoms with van der Waals surface area (Å²) < 4.78 is 0. The summed E-state index contributed by atoms with van der Waals surface area (Å²) in [5, 5.41) is 0. The van der Waals surface area contributed by atoms with Crippen molar-refractivity contribution in [1.82, 2.24) is 0 Å². The van der Waals surface area contributed by atoms with Crippen molar-refractivity contribution < 1.29 is 12.4 Å². The fraction of sp³-hybridized carbons (Fsp3) is 0.857. The Morgan fingerprint density at radius 2 is 1.56 bits per heavy atom. The topological polar surface area (TPSA) is 0 Å². The monoisotopic (exact) mass is 158 g/mol. The summed E-state index contributed by atoms with van der Waals surface area (Å²) in [4.78, 5) is 0. The van der Waals surface area contributed by atoms with E-state index in [-0.39, 0.29) is 35.5 Å². The molecule has 2 heteroatoms. The van der Waals surface area contributed by atoms with Crippen LogP contribution >= 0.6 is 0 Å². The van der Waals surface area contributed by atoms with Crippen molar-refractivity contribution in [1.29, 1.82) is 0 Å². The van der Waals surface area contributed by atoms with Crippen LogP contribution in [-0.2, 0) is 0 Å². The van der Waals surface area contributed by atoms with Crippen molar-refractivity contribution >= 4 is 23.1 Å². The van der Waals surface area contributed by atoms with Gasteiger partial charge in [0.05, 0.1) is 0 Å². The molecule has 0 N–H and O–H groups in total. The Morgan fingerprint density at radius 3 is 1.56 bits per heavy atom. The Labute approximate surface area is 81.4 Å². The maximum absolute atomic E-state index is 3.77. The first-order valence-electron chi connectivity index (χ1n) is 2.85. The fourth-order valence-electron chi connectivity index (χ4n) is 0.530. The zero-order chi connectivity index (χ0) is 5.91. The zero-order valence-electron chi connectivity index (χ0n) is 6.71. The summed E-state index contributed by atoms with van der Waals surface area (Å²) in [6.07, 6.45) is 2.29. The molecule has 0 nitrogen and oxygen atoms in total. The van der Waals surface area contributed by atoms with Crippen LogP contribution in [0.4, 0.5) is 0 Å². The number of halogens is 1. The molecule has 9 heavy (non-hydrogen) atoms. The Balaban J connectivity index is -0.000000180. The van der Waals surface area contributed by atoms with E-state index >= 15 is 0 Å². The summed E-state index contributed by atoms with van der Waals surface area (Å²) in [5.41, 5.74) is 0.488. The van der Waals surface area contributed by atoms with Gasteiger partial charge in [-0.3, -0.25) is 0 Å². The van der Waals surface area contributed by atoms with Gasteiger partial charge in [0.2, 0.25) is 0 Å².